The number of nitrogens with one attached hydrogen (secondary N) is 2. The molecule has 32 heavy (non-hydrogen) atoms. The molecule has 2 heterocycles. The van der Waals surface area contributed by atoms with Gasteiger partial charge in [-0.05, 0) is 44.0 Å². The van der Waals surface area contributed by atoms with Crippen LogP contribution in [0.1, 0.15) is 38.2 Å². The molecular formula is C21H27F3N6O2. The summed E-state index contributed by atoms with van der Waals surface area (Å²) in [5.74, 6) is -0.680. The van der Waals surface area contributed by atoms with Crippen LogP contribution in [0.4, 0.5) is 18.9 Å². The van der Waals surface area contributed by atoms with E-state index in [4.69, 9.17) is 0 Å². The van der Waals surface area contributed by atoms with Crippen LogP contribution in [-0.2, 0) is 15.8 Å². The van der Waals surface area contributed by atoms with Crippen LogP contribution in [0.2, 0.25) is 0 Å². The first-order valence-corrected chi connectivity index (χ1v) is 10.6. The molecule has 11 heteroatoms. The molecule has 0 saturated carbocycles. The second-order valence-electron chi connectivity index (χ2n) is 7.84. The van der Waals surface area contributed by atoms with Crippen LogP contribution >= 0.6 is 0 Å². The Hall–Kier alpha value is -2.95. The molecule has 0 bridgehead atoms. The van der Waals surface area contributed by atoms with Crippen molar-refractivity contribution < 1.29 is 22.8 Å². The van der Waals surface area contributed by atoms with Crippen LogP contribution in [0.15, 0.2) is 30.9 Å². The number of benzene rings is 1. The summed E-state index contributed by atoms with van der Waals surface area (Å²) in [4.78, 5) is 30.7. The summed E-state index contributed by atoms with van der Waals surface area (Å²) in [5, 5.41) is 9.44. The molecule has 1 aromatic carbocycles. The second-order valence-corrected chi connectivity index (χ2v) is 7.84. The Morgan fingerprint density at radius 1 is 1.28 bits per heavy atom. The maximum atomic E-state index is 13.2. The van der Waals surface area contributed by atoms with Crippen molar-refractivity contribution >= 4 is 17.5 Å². The number of unbranched alkanes of at least 4 members (excludes halogenated alkanes) is 1. The molecule has 1 fully saturated rings. The Balaban J connectivity index is 1.67. The molecule has 0 aliphatic carbocycles. The molecule has 174 valence electrons. The van der Waals surface area contributed by atoms with Crippen LogP contribution in [-0.4, -0.2) is 57.7 Å². The predicted molar refractivity (Wildman–Crippen MR) is 112 cm³/mol. The van der Waals surface area contributed by atoms with E-state index >= 15 is 0 Å². The zero-order valence-electron chi connectivity index (χ0n) is 17.9. The number of carbonyl (C=O) groups is 2. The Morgan fingerprint density at radius 2 is 2.09 bits per heavy atom. The van der Waals surface area contributed by atoms with E-state index in [-0.39, 0.29) is 29.7 Å². The average Bonchev–Trinajstić information content (AvgIpc) is 3.28. The Kier molecular flexibility index (Phi) is 7.84. The van der Waals surface area contributed by atoms with Crippen molar-refractivity contribution in [2.75, 3.05) is 31.5 Å². The highest BCUT2D eigenvalue weighted by Crippen LogP contribution is 2.33. The molecule has 2 aromatic rings. The number of alkyl halides is 3. The van der Waals surface area contributed by atoms with E-state index in [2.05, 4.69) is 20.7 Å². The van der Waals surface area contributed by atoms with Crippen molar-refractivity contribution in [1.82, 2.24) is 25.0 Å². The molecule has 0 radical (unpaired) electrons. The van der Waals surface area contributed by atoms with Gasteiger partial charge in [0, 0.05) is 13.1 Å². The number of anilines is 1. The van der Waals surface area contributed by atoms with Crippen molar-refractivity contribution in [3.63, 3.8) is 0 Å². The van der Waals surface area contributed by atoms with Crippen molar-refractivity contribution in [1.29, 1.82) is 0 Å². The fourth-order valence-corrected chi connectivity index (χ4v) is 3.68. The summed E-state index contributed by atoms with van der Waals surface area (Å²) in [6, 6.07) is 3.05. The highest BCUT2D eigenvalue weighted by atomic mass is 19.4. The SMILES string of the molecule is CCCCNC(=O)C1CCCN(CC(=O)Nc2cc(C(F)(F)F)ccc2-n2cncn2)C1. The zero-order valence-corrected chi connectivity index (χ0v) is 17.9. The van der Waals surface area contributed by atoms with Gasteiger partial charge in [0.05, 0.1) is 29.4 Å². The van der Waals surface area contributed by atoms with Crippen molar-refractivity contribution in [3.8, 4) is 5.69 Å². The van der Waals surface area contributed by atoms with Gasteiger partial charge in [-0.25, -0.2) is 9.67 Å². The summed E-state index contributed by atoms with van der Waals surface area (Å²) < 4.78 is 40.9. The third kappa shape index (κ3) is 6.28. The molecule has 1 unspecified atom stereocenters. The van der Waals surface area contributed by atoms with Crippen LogP contribution in [0.25, 0.3) is 5.69 Å². The number of piperidine rings is 1. The van der Waals surface area contributed by atoms with E-state index in [1.807, 2.05) is 11.8 Å². The fourth-order valence-electron chi connectivity index (χ4n) is 3.68. The third-order valence-corrected chi connectivity index (χ3v) is 5.34. The summed E-state index contributed by atoms with van der Waals surface area (Å²) in [5.41, 5.74) is -0.615. The summed E-state index contributed by atoms with van der Waals surface area (Å²) in [6.07, 6.45) is 1.46. The highest BCUT2D eigenvalue weighted by molar-refractivity contribution is 5.94. The number of amides is 2. The lowest BCUT2D eigenvalue weighted by atomic mass is 9.97. The number of hydrogen-bond acceptors (Lipinski definition) is 5. The highest BCUT2D eigenvalue weighted by Gasteiger charge is 2.32. The molecule has 1 aromatic heterocycles. The maximum Gasteiger partial charge on any atom is 0.416 e. The van der Waals surface area contributed by atoms with E-state index in [9.17, 15) is 22.8 Å². The molecule has 2 N–H and O–H groups in total. The van der Waals surface area contributed by atoms with Gasteiger partial charge < -0.3 is 10.6 Å². The molecule has 1 atom stereocenters. The molecule has 3 rings (SSSR count). The van der Waals surface area contributed by atoms with Crippen LogP contribution in [0.3, 0.4) is 0 Å². The first kappa shape index (κ1) is 23.7. The van der Waals surface area contributed by atoms with Crippen LogP contribution in [0, 0.1) is 5.92 Å². The van der Waals surface area contributed by atoms with Crippen LogP contribution in [0.5, 0.6) is 0 Å². The normalized spacial score (nSPS) is 17.2. The number of carbonyl (C=O) groups excluding carboxylic acids is 2. The van der Waals surface area contributed by atoms with Crippen molar-refractivity contribution in [3.05, 3.63) is 36.4 Å². The van der Waals surface area contributed by atoms with Crippen molar-refractivity contribution in [2.24, 2.45) is 5.92 Å². The monoisotopic (exact) mass is 452 g/mol. The van der Waals surface area contributed by atoms with E-state index in [1.54, 1.807) is 0 Å². The van der Waals surface area contributed by atoms with Gasteiger partial charge in [-0.2, -0.15) is 18.3 Å². The molecule has 2 amide bonds. The molecule has 1 aliphatic heterocycles. The predicted octanol–water partition coefficient (Wildman–Crippen LogP) is 2.85. The zero-order chi connectivity index (χ0) is 23.1. The molecule has 8 nitrogen and oxygen atoms in total. The van der Waals surface area contributed by atoms with Gasteiger partial charge >= 0.3 is 6.18 Å². The quantitative estimate of drug-likeness (QED) is 0.601. The first-order chi connectivity index (χ1) is 15.3. The van der Waals surface area contributed by atoms with Crippen molar-refractivity contribution in [2.45, 2.75) is 38.8 Å². The van der Waals surface area contributed by atoms with Gasteiger partial charge in [-0.15, -0.1) is 0 Å². The number of aromatic nitrogens is 3. The average molecular weight is 452 g/mol. The van der Waals surface area contributed by atoms with E-state index in [1.165, 1.54) is 23.4 Å². The number of nitrogens with zero attached hydrogens (tertiary/aromatic N) is 4. The number of rotatable bonds is 8. The number of likely N-dealkylation sites (tertiary alicyclic amines) is 1. The maximum absolute atomic E-state index is 13.2. The smallest absolute Gasteiger partial charge is 0.356 e. The lowest BCUT2D eigenvalue weighted by Gasteiger charge is -2.31. The lowest BCUT2D eigenvalue weighted by molar-refractivity contribution is -0.137. The largest absolute Gasteiger partial charge is 0.416 e. The van der Waals surface area contributed by atoms with Gasteiger partial charge in [-0.3, -0.25) is 14.5 Å². The minimum atomic E-state index is -4.55. The van der Waals surface area contributed by atoms with Crippen LogP contribution < -0.4 is 10.6 Å². The number of halogens is 3. The van der Waals surface area contributed by atoms with Gasteiger partial charge in [0.15, 0.2) is 0 Å². The first-order valence-electron chi connectivity index (χ1n) is 10.6. The summed E-state index contributed by atoms with van der Waals surface area (Å²) in [7, 11) is 0. The molecule has 1 aliphatic rings. The van der Waals surface area contributed by atoms with Gasteiger partial charge in [0.1, 0.15) is 12.7 Å². The molecule has 0 spiro atoms. The van der Waals surface area contributed by atoms with Gasteiger partial charge in [0.2, 0.25) is 11.8 Å². The second kappa shape index (κ2) is 10.6. The Morgan fingerprint density at radius 3 is 2.78 bits per heavy atom. The van der Waals surface area contributed by atoms with E-state index < -0.39 is 17.6 Å². The minimum absolute atomic E-state index is 0.0128. The fraction of sp³-hybridized carbons (Fsp3) is 0.524. The third-order valence-electron chi connectivity index (χ3n) is 5.34. The van der Waals surface area contributed by atoms with Gasteiger partial charge in [-0.1, -0.05) is 13.3 Å². The standard InChI is InChI=1S/C21H27F3N6O2/c1-2-3-8-26-20(32)15-5-4-9-29(11-15)12-19(31)28-17-10-16(21(22,23)24)6-7-18(17)30-14-25-13-27-30/h6-7,10,13-15H,2-5,8-9,11-12H2,1H3,(H,26,32)(H,28,31). The minimum Gasteiger partial charge on any atom is -0.356 e. The Bertz CT molecular complexity index is 917. The summed E-state index contributed by atoms with van der Waals surface area (Å²) >= 11 is 0. The van der Waals surface area contributed by atoms with Gasteiger partial charge in [0.25, 0.3) is 0 Å². The summed E-state index contributed by atoms with van der Waals surface area (Å²) in [6.45, 7) is 3.74. The Labute approximate surface area is 184 Å². The number of hydrogen-bond donors (Lipinski definition) is 2. The molecule has 1 saturated heterocycles. The van der Waals surface area contributed by atoms with E-state index in [0.29, 0.717) is 19.6 Å². The lowest BCUT2D eigenvalue weighted by Crippen LogP contribution is -2.45. The van der Waals surface area contributed by atoms with E-state index in [0.717, 1.165) is 37.8 Å². The molecular weight excluding hydrogens is 425 g/mol. The topological polar surface area (TPSA) is 92.2 Å².